The van der Waals surface area contributed by atoms with Gasteiger partial charge in [-0.1, -0.05) is 23.9 Å². The van der Waals surface area contributed by atoms with Crippen molar-refractivity contribution in [3.8, 4) is 10.7 Å². The largest absolute Gasteiger partial charge is 0.379 e. The van der Waals surface area contributed by atoms with Gasteiger partial charge in [-0.15, -0.1) is 16.4 Å². The van der Waals surface area contributed by atoms with Crippen LogP contribution in [0.4, 0.5) is 5.69 Å². The number of nitrogens with one attached hydrogen (secondary N) is 2. The van der Waals surface area contributed by atoms with Gasteiger partial charge in [0.1, 0.15) is 0 Å². The molecule has 12 heteroatoms. The van der Waals surface area contributed by atoms with Crippen LogP contribution in [0.2, 0.25) is 0 Å². The summed E-state index contributed by atoms with van der Waals surface area (Å²) in [6, 6.07) is 10.1. The highest BCUT2D eigenvalue weighted by molar-refractivity contribution is 8.00. The van der Waals surface area contributed by atoms with E-state index in [1.54, 1.807) is 30.4 Å². The quantitative estimate of drug-likeness (QED) is 0.500. The van der Waals surface area contributed by atoms with Gasteiger partial charge in [-0.25, -0.2) is 13.4 Å². The smallest absolute Gasteiger partial charge is 0.243 e. The fraction of sp³-hybridized carbons (Fsp3) is 0.316. The molecule has 2 aromatic heterocycles. The van der Waals surface area contributed by atoms with Crippen LogP contribution in [0.15, 0.2) is 51.8 Å². The van der Waals surface area contributed by atoms with Crippen LogP contribution < -0.4 is 5.32 Å². The number of benzene rings is 1. The number of aromatic nitrogens is 3. The molecule has 0 aliphatic carbocycles. The maximum absolute atomic E-state index is 12.8. The van der Waals surface area contributed by atoms with Crippen molar-refractivity contribution in [3.63, 3.8) is 0 Å². The summed E-state index contributed by atoms with van der Waals surface area (Å²) in [6.45, 7) is 3.13. The molecule has 0 bridgehead atoms. The SMILES string of the molecule is CC(Sc1n[nH]c(-c2cccs2)n1)C(=O)Nc1cccc(S(=O)(=O)N2CCOCC2)c1. The van der Waals surface area contributed by atoms with Crippen LogP contribution in [0.5, 0.6) is 0 Å². The van der Waals surface area contributed by atoms with Gasteiger partial charge < -0.3 is 10.1 Å². The Balaban J connectivity index is 1.41. The molecule has 164 valence electrons. The first kappa shape index (κ1) is 22.0. The number of sulfonamides is 1. The van der Waals surface area contributed by atoms with Gasteiger partial charge >= 0.3 is 0 Å². The summed E-state index contributed by atoms with van der Waals surface area (Å²) in [4.78, 5) is 18.2. The summed E-state index contributed by atoms with van der Waals surface area (Å²) in [5, 5.41) is 11.8. The van der Waals surface area contributed by atoms with Gasteiger partial charge in [0.15, 0.2) is 5.82 Å². The van der Waals surface area contributed by atoms with Gasteiger partial charge in [0.2, 0.25) is 21.1 Å². The zero-order valence-electron chi connectivity index (χ0n) is 16.6. The fourth-order valence-electron chi connectivity index (χ4n) is 2.95. The summed E-state index contributed by atoms with van der Waals surface area (Å²) >= 11 is 2.77. The number of carbonyl (C=O) groups is 1. The summed E-state index contributed by atoms with van der Waals surface area (Å²) in [5.74, 6) is 0.388. The number of H-pyrrole nitrogens is 1. The fourth-order valence-corrected chi connectivity index (χ4v) is 5.79. The standard InChI is InChI=1S/C19H21N5O4S3/c1-13(30-19-21-17(22-23-19)16-6-3-11-29-16)18(25)20-14-4-2-5-15(12-14)31(26,27)24-7-9-28-10-8-24/h2-6,11-13H,7-10H2,1H3,(H,20,25)(H,21,22,23). The first-order chi connectivity index (χ1) is 14.9. The van der Waals surface area contributed by atoms with Crippen LogP contribution in [0.25, 0.3) is 10.7 Å². The predicted octanol–water partition coefficient (Wildman–Crippen LogP) is 2.67. The Kier molecular flexibility index (Phi) is 6.72. The Hall–Kier alpha value is -2.25. The normalized spacial score (nSPS) is 16.2. The Labute approximate surface area is 188 Å². The molecule has 1 amide bonds. The minimum Gasteiger partial charge on any atom is -0.379 e. The van der Waals surface area contributed by atoms with Gasteiger partial charge in [0.25, 0.3) is 0 Å². The van der Waals surface area contributed by atoms with Crippen LogP contribution in [0.3, 0.4) is 0 Å². The van der Waals surface area contributed by atoms with Crippen molar-refractivity contribution in [1.82, 2.24) is 19.5 Å². The van der Waals surface area contributed by atoms with Crippen molar-refractivity contribution in [2.75, 3.05) is 31.6 Å². The highest BCUT2D eigenvalue weighted by Gasteiger charge is 2.27. The topological polar surface area (TPSA) is 117 Å². The van der Waals surface area contributed by atoms with Crippen molar-refractivity contribution < 1.29 is 17.9 Å². The average Bonchev–Trinajstić information content (AvgIpc) is 3.46. The number of thioether (sulfide) groups is 1. The van der Waals surface area contributed by atoms with E-state index in [1.807, 2.05) is 17.5 Å². The van der Waals surface area contributed by atoms with E-state index in [0.29, 0.717) is 43.0 Å². The minimum atomic E-state index is -3.63. The van der Waals surface area contributed by atoms with Crippen molar-refractivity contribution in [3.05, 3.63) is 41.8 Å². The highest BCUT2D eigenvalue weighted by atomic mass is 32.2. The summed E-state index contributed by atoms with van der Waals surface area (Å²) < 4.78 is 32.3. The molecule has 1 saturated heterocycles. The van der Waals surface area contributed by atoms with Crippen molar-refractivity contribution >= 4 is 44.7 Å². The predicted molar refractivity (Wildman–Crippen MR) is 120 cm³/mol. The monoisotopic (exact) mass is 479 g/mol. The maximum atomic E-state index is 12.8. The van der Waals surface area contributed by atoms with Crippen molar-refractivity contribution in [1.29, 1.82) is 0 Å². The van der Waals surface area contributed by atoms with Gasteiger partial charge in [-0.05, 0) is 36.6 Å². The third kappa shape index (κ3) is 5.15. The first-order valence-corrected chi connectivity index (χ1v) is 12.8. The van der Waals surface area contributed by atoms with Gasteiger partial charge in [-0.2, -0.15) is 4.31 Å². The van der Waals surface area contributed by atoms with Crippen LogP contribution in [0.1, 0.15) is 6.92 Å². The van der Waals surface area contributed by atoms with Gasteiger partial charge in [0.05, 0.1) is 28.2 Å². The molecular weight excluding hydrogens is 458 g/mol. The molecule has 1 fully saturated rings. The molecule has 31 heavy (non-hydrogen) atoms. The number of morpholine rings is 1. The zero-order chi connectivity index (χ0) is 21.8. The molecule has 9 nitrogen and oxygen atoms in total. The second-order valence-corrected chi connectivity index (χ2v) is 10.9. The Morgan fingerprint density at radius 2 is 2.10 bits per heavy atom. The molecule has 1 atom stereocenters. The lowest BCUT2D eigenvalue weighted by atomic mass is 10.3. The number of hydrogen-bond acceptors (Lipinski definition) is 8. The van der Waals surface area contributed by atoms with Crippen molar-refractivity contribution in [2.24, 2.45) is 0 Å². The molecule has 0 radical (unpaired) electrons. The molecular formula is C19H21N5O4S3. The summed E-state index contributed by atoms with van der Waals surface area (Å²) in [6.07, 6.45) is 0. The molecule has 1 aromatic carbocycles. The summed E-state index contributed by atoms with van der Waals surface area (Å²) in [5.41, 5.74) is 0.418. The molecule has 0 saturated carbocycles. The molecule has 2 N–H and O–H groups in total. The average molecular weight is 480 g/mol. The van der Waals surface area contributed by atoms with Crippen LogP contribution in [-0.4, -0.2) is 65.4 Å². The second kappa shape index (κ2) is 9.49. The number of nitrogens with zero attached hydrogens (tertiary/aromatic N) is 3. The van der Waals surface area contributed by atoms with Gasteiger partial charge in [0, 0.05) is 18.8 Å². The lowest BCUT2D eigenvalue weighted by molar-refractivity contribution is -0.115. The van der Waals surface area contributed by atoms with E-state index in [1.165, 1.54) is 28.2 Å². The molecule has 1 aliphatic heterocycles. The minimum absolute atomic E-state index is 0.141. The Bertz CT molecular complexity index is 1140. The molecule has 1 unspecified atom stereocenters. The summed E-state index contributed by atoms with van der Waals surface area (Å²) in [7, 11) is -3.63. The van der Waals surface area contributed by atoms with E-state index in [-0.39, 0.29) is 10.8 Å². The zero-order valence-corrected chi connectivity index (χ0v) is 19.1. The van der Waals surface area contributed by atoms with E-state index in [9.17, 15) is 13.2 Å². The number of rotatable bonds is 7. The molecule has 3 heterocycles. The number of carbonyl (C=O) groups excluding carboxylic acids is 1. The maximum Gasteiger partial charge on any atom is 0.243 e. The molecule has 0 spiro atoms. The number of thiophene rings is 1. The highest BCUT2D eigenvalue weighted by Crippen LogP contribution is 2.26. The third-order valence-electron chi connectivity index (χ3n) is 4.58. The second-order valence-electron chi connectivity index (χ2n) is 6.74. The lowest BCUT2D eigenvalue weighted by Crippen LogP contribution is -2.40. The number of aromatic amines is 1. The molecule has 1 aliphatic rings. The van der Waals surface area contributed by atoms with E-state index in [0.717, 1.165) is 4.88 Å². The number of ether oxygens (including phenoxy) is 1. The number of anilines is 1. The lowest BCUT2D eigenvalue weighted by Gasteiger charge is -2.26. The van der Waals surface area contributed by atoms with Crippen molar-refractivity contribution in [2.45, 2.75) is 22.2 Å². The van der Waals surface area contributed by atoms with Crippen LogP contribution >= 0.6 is 23.1 Å². The van der Waals surface area contributed by atoms with E-state index in [4.69, 9.17) is 4.74 Å². The Morgan fingerprint density at radius 3 is 2.84 bits per heavy atom. The van der Waals surface area contributed by atoms with E-state index in [2.05, 4.69) is 20.5 Å². The van der Waals surface area contributed by atoms with E-state index < -0.39 is 15.3 Å². The van der Waals surface area contributed by atoms with Crippen LogP contribution in [0, 0.1) is 0 Å². The number of amides is 1. The molecule has 4 rings (SSSR count). The van der Waals surface area contributed by atoms with Crippen LogP contribution in [-0.2, 0) is 19.6 Å². The van der Waals surface area contributed by atoms with E-state index >= 15 is 0 Å². The molecule has 3 aromatic rings. The van der Waals surface area contributed by atoms with Gasteiger partial charge in [-0.3, -0.25) is 9.89 Å². The third-order valence-corrected chi connectivity index (χ3v) is 8.31. The Morgan fingerprint density at radius 1 is 1.29 bits per heavy atom. The first-order valence-electron chi connectivity index (χ1n) is 9.55. The number of hydrogen-bond donors (Lipinski definition) is 2.